The highest BCUT2D eigenvalue weighted by molar-refractivity contribution is 6.34. The molecule has 5 amide bonds. The van der Waals surface area contributed by atoms with E-state index in [1.807, 2.05) is 0 Å². The zero-order valence-electron chi connectivity index (χ0n) is 34.3. The van der Waals surface area contributed by atoms with E-state index in [0.29, 0.717) is 43.2 Å². The van der Waals surface area contributed by atoms with Gasteiger partial charge in [0.1, 0.15) is 5.60 Å². The summed E-state index contributed by atoms with van der Waals surface area (Å²) in [5, 5.41) is 23.5. The number of aliphatic hydroxyl groups excluding tert-OH is 1. The maximum atomic E-state index is 15.7. The molecule has 4 heterocycles. The van der Waals surface area contributed by atoms with Crippen molar-refractivity contribution in [3.05, 3.63) is 76.0 Å². The number of hydrogen-bond donors (Lipinski definition) is 4. The van der Waals surface area contributed by atoms with Gasteiger partial charge in [0, 0.05) is 79.7 Å². The first-order valence-corrected chi connectivity index (χ1v) is 19.9. The van der Waals surface area contributed by atoms with Crippen LogP contribution in [0.4, 0.5) is 24.1 Å². The summed E-state index contributed by atoms with van der Waals surface area (Å²) in [4.78, 5) is 59.2. The van der Waals surface area contributed by atoms with Crippen LogP contribution in [0.3, 0.4) is 0 Å². The number of carbonyl (C=O) groups is 4. The average molecular weight is 852 g/mol. The normalized spacial score (nSPS) is 20.9. The molecule has 3 fully saturated rings. The molecule has 320 valence electrons. The Labute approximate surface area is 350 Å². The SMILES string of the molecule is COCCn1nc(C)c(-c2ccc(-c3cnc(C(=O)Nc4ccc(C(=O)N[C@H]5[C@@H]6CN(C(=O)N[C@@H]7CN(C(=O)OC(C)(C)C)C[C@H]7O)C[C@@H]65)c(Cl)c4)n3C)c(F)c2F)c1C. The van der Waals surface area contributed by atoms with E-state index in [-0.39, 0.29) is 75.9 Å². The standard InChI is InChI=1S/C41H48ClF2N9O7/c1-20-32(21(2)53(49-20)12-13-59-7)25-11-10-24(33(43)34(25)44)30-15-45-36(50(30)6)38(56)46-22-8-9-23(28(42)14-22)37(55)48-35-26-16-51(17-27(26)35)39(57)47-29-18-52(19-31(29)54)40(58)60-41(3,4)5/h8-11,14-15,26-27,29,31,35,54H,12-13,16-19H2,1-7H3,(H,46,56)(H,47,57)(H,48,55)/t26-,27+,29-,31-,35+/m1/s1. The highest BCUT2D eigenvalue weighted by atomic mass is 35.5. The number of nitrogens with zero attached hydrogens (tertiary/aromatic N) is 6. The minimum absolute atomic E-state index is 0.0408. The Bertz CT molecular complexity index is 2350. The van der Waals surface area contributed by atoms with Gasteiger partial charge < -0.3 is 44.9 Å². The van der Waals surface area contributed by atoms with Gasteiger partial charge in [-0.25, -0.2) is 23.4 Å². The van der Waals surface area contributed by atoms with Crippen molar-refractivity contribution in [2.45, 2.75) is 65.0 Å². The number of ether oxygens (including phenoxy) is 2. The van der Waals surface area contributed by atoms with Gasteiger partial charge in [-0.15, -0.1) is 0 Å². The molecule has 1 saturated carbocycles. The number of fused-ring (bicyclic) bond motifs is 1. The summed E-state index contributed by atoms with van der Waals surface area (Å²) >= 11 is 6.51. The topological polar surface area (TPSA) is 185 Å². The second kappa shape index (κ2) is 16.5. The van der Waals surface area contributed by atoms with Crippen molar-refractivity contribution < 1.29 is 42.5 Å². The van der Waals surface area contributed by atoms with Crippen molar-refractivity contribution in [2.75, 3.05) is 45.2 Å². The van der Waals surface area contributed by atoms with Crippen LogP contribution in [0.25, 0.3) is 22.4 Å². The van der Waals surface area contributed by atoms with Crippen LogP contribution in [0.5, 0.6) is 0 Å². The van der Waals surface area contributed by atoms with Crippen LogP contribution >= 0.6 is 11.6 Å². The summed E-state index contributed by atoms with van der Waals surface area (Å²) < 4.78 is 44.9. The molecule has 4 aromatic rings. The number of imidazole rings is 1. The molecule has 60 heavy (non-hydrogen) atoms. The van der Waals surface area contributed by atoms with Crippen LogP contribution in [0.15, 0.2) is 36.5 Å². The van der Waals surface area contributed by atoms with Gasteiger partial charge in [-0.2, -0.15) is 5.10 Å². The molecule has 0 unspecified atom stereocenters. The Morgan fingerprint density at radius 2 is 1.63 bits per heavy atom. The van der Waals surface area contributed by atoms with Gasteiger partial charge in [-0.3, -0.25) is 14.3 Å². The lowest BCUT2D eigenvalue weighted by molar-refractivity contribution is 0.0269. The number of aryl methyl sites for hydroxylation is 1. The van der Waals surface area contributed by atoms with Gasteiger partial charge >= 0.3 is 12.1 Å². The molecule has 19 heteroatoms. The van der Waals surface area contributed by atoms with Crippen LogP contribution in [0.2, 0.25) is 5.02 Å². The van der Waals surface area contributed by atoms with E-state index in [0.717, 1.165) is 0 Å². The van der Waals surface area contributed by atoms with Gasteiger partial charge in [0.25, 0.3) is 11.8 Å². The molecule has 2 aromatic heterocycles. The molecule has 7 rings (SSSR count). The first-order valence-electron chi connectivity index (χ1n) is 19.5. The van der Waals surface area contributed by atoms with Gasteiger partial charge in [-0.1, -0.05) is 17.7 Å². The van der Waals surface area contributed by atoms with Crippen molar-refractivity contribution in [1.82, 2.24) is 39.8 Å². The van der Waals surface area contributed by atoms with Crippen molar-refractivity contribution in [2.24, 2.45) is 18.9 Å². The van der Waals surface area contributed by atoms with E-state index >= 15 is 8.78 Å². The van der Waals surface area contributed by atoms with Crippen LogP contribution in [-0.2, 0) is 23.1 Å². The monoisotopic (exact) mass is 851 g/mol. The number of carbonyl (C=O) groups excluding carboxylic acids is 4. The van der Waals surface area contributed by atoms with Crippen LogP contribution in [0.1, 0.15) is 53.1 Å². The number of likely N-dealkylation sites (tertiary alicyclic amines) is 2. The average Bonchev–Trinajstić information content (AvgIpc) is 3.64. The minimum atomic E-state index is -1.10. The third-order valence-electron chi connectivity index (χ3n) is 11.2. The predicted octanol–water partition coefficient (Wildman–Crippen LogP) is 4.75. The third kappa shape index (κ3) is 8.40. The molecule has 2 saturated heterocycles. The number of hydrogen-bond acceptors (Lipinski definition) is 9. The van der Waals surface area contributed by atoms with E-state index in [2.05, 4.69) is 26.0 Å². The largest absolute Gasteiger partial charge is 0.444 e. The van der Waals surface area contributed by atoms with Crippen LogP contribution in [0, 0.1) is 37.3 Å². The number of β-amino-alcohol motifs (C(OH)–C–C–N with tert-alkyl or cyclic N) is 1. The molecule has 2 aliphatic heterocycles. The van der Waals surface area contributed by atoms with E-state index in [4.69, 9.17) is 21.1 Å². The summed E-state index contributed by atoms with van der Waals surface area (Å²) in [7, 11) is 3.08. The lowest BCUT2D eigenvalue weighted by atomic mass is 10.00. The number of nitrogens with one attached hydrogen (secondary N) is 3. The number of aromatic nitrogens is 4. The zero-order valence-corrected chi connectivity index (χ0v) is 35.1. The Balaban J connectivity index is 0.924. The number of anilines is 1. The van der Waals surface area contributed by atoms with Gasteiger partial charge in [0.2, 0.25) is 0 Å². The summed E-state index contributed by atoms with van der Waals surface area (Å²) in [5.41, 5.74) is 1.63. The molecule has 0 spiro atoms. The highest BCUT2D eigenvalue weighted by Crippen LogP contribution is 2.46. The number of aliphatic hydroxyl groups is 1. The molecular weight excluding hydrogens is 804 g/mol. The summed E-state index contributed by atoms with van der Waals surface area (Å²) in [6, 6.07) is 6.17. The molecule has 0 bridgehead atoms. The molecular formula is C41H48ClF2N9O7. The smallest absolute Gasteiger partial charge is 0.410 e. The molecule has 2 aromatic carbocycles. The number of methoxy groups -OCH3 is 1. The zero-order chi connectivity index (χ0) is 43.4. The maximum Gasteiger partial charge on any atom is 0.410 e. The lowest BCUT2D eigenvalue weighted by Gasteiger charge is -2.25. The van der Waals surface area contributed by atoms with E-state index in [1.165, 1.54) is 53.0 Å². The summed E-state index contributed by atoms with van der Waals surface area (Å²) in [5.74, 6) is -3.21. The second-order valence-corrected chi connectivity index (χ2v) is 16.9. The molecule has 16 nitrogen and oxygen atoms in total. The van der Waals surface area contributed by atoms with Crippen molar-refractivity contribution in [3.63, 3.8) is 0 Å². The quantitative estimate of drug-likeness (QED) is 0.175. The van der Waals surface area contributed by atoms with Crippen molar-refractivity contribution in [1.29, 1.82) is 0 Å². The fourth-order valence-electron chi connectivity index (χ4n) is 8.05. The van der Waals surface area contributed by atoms with Gasteiger partial charge in [-0.05, 0) is 58.9 Å². The second-order valence-electron chi connectivity index (χ2n) is 16.5. The van der Waals surface area contributed by atoms with Crippen LogP contribution < -0.4 is 16.0 Å². The Hall–Kier alpha value is -5.59. The Morgan fingerprint density at radius 1 is 0.950 bits per heavy atom. The van der Waals surface area contributed by atoms with E-state index in [9.17, 15) is 24.3 Å². The molecule has 0 radical (unpaired) electrons. The number of piperidine rings is 1. The van der Waals surface area contributed by atoms with E-state index < -0.39 is 47.3 Å². The number of benzene rings is 2. The summed E-state index contributed by atoms with van der Waals surface area (Å²) in [6.45, 7) is 10.6. The minimum Gasteiger partial charge on any atom is -0.444 e. The van der Waals surface area contributed by atoms with Crippen molar-refractivity contribution in [3.8, 4) is 22.4 Å². The Morgan fingerprint density at radius 3 is 2.30 bits per heavy atom. The van der Waals surface area contributed by atoms with Gasteiger partial charge in [0.05, 0.1) is 60.0 Å². The van der Waals surface area contributed by atoms with Gasteiger partial charge in [0.15, 0.2) is 17.5 Å². The Kier molecular flexibility index (Phi) is 11.7. The third-order valence-corrected chi connectivity index (χ3v) is 11.5. The van der Waals surface area contributed by atoms with E-state index in [1.54, 1.807) is 51.3 Å². The predicted molar refractivity (Wildman–Crippen MR) is 216 cm³/mol. The summed E-state index contributed by atoms with van der Waals surface area (Å²) in [6.07, 6.45) is -0.207. The van der Waals surface area contributed by atoms with Crippen LogP contribution in [-0.4, -0.2) is 122 Å². The molecule has 3 aliphatic rings. The lowest BCUT2D eigenvalue weighted by Crippen LogP contribution is -2.50. The number of urea groups is 1. The first kappa shape index (κ1) is 42.5. The fourth-order valence-corrected chi connectivity index (χ4v) is 8.31. The number of amides is 5. The number of rotatable bonds is 10. The fraction of sp³-hybridized carbons (Fsp3) is 0.463. The number of halogens is 3. The first-order chi connectivity index (χ1) is 28.4. The maximum absolute atomic E-state index is 15.7. The molecule has 5 atom stereocenters. The van der Waals surface area contributed by atoms with Crippen molar-refractivity contribution >= 4 is 41.2 Å². The molecule has 1 aliphatic carbocycles. The highest BCUT2D eigenvalue weighted by Gasteiger charge is 2.57. The molecule has 4 N–H and O–H groups in total.